The van der Waals surface area contributed by atoms with Crippen LogP contribution in [0.1, 0.15) is 5.82 Å². The molecule has 6 heteroatoms. The van der Waals surface area contributed by atoms with Gasteiger partial charge in [0.2, 0.25) is 0 Å². The lowest BCUT2D eigenvalue weighted by Gasteiger charge is -2.24. The summed E-state index contributed by atoms with van der Waals surface area (Å²) in [6.45, 7) is 1.69. The Labute approximate surface area is 106 Å². The highest BCUT2D eigenvalue weighted by atomic mass is 35.5. The minimum Gasteiger partial charge on any atom is -0.379 e. The van der Waals surface area contributed by atoms with Gasteiger partial charge in [0.25, 0.3) is 0 Å². The van der Waals surface area contributed by atoms with Crippen LogP contribution in [0, 0.1) is 0 Å². The second-order valence-corrected chi connectivity index (χ2v) is 6.08. The quantitative estimate of drug-likeness (QED) is 0.805. The number of aromatic nitrogens is 2. The predicted molar refractivity (Wildman–Crippen MR) is 68.3 cm³/mol. The molecule has 0 amide bonds. The molecule has 0 saturated carbocycles. The van der Waals surface area contributed by atoms with E-state index >= 15 is 0 Å². The summed E-state index contributed by atoms with van der Waals surface area (Å²) in [5.74, 6) is 1.62. The van der Waals surface area contributed by atoms with E-state index in [2.05, 4.69) is 9.97 Å². The lowest BCUT2D eigenvalue weighted by atomic mass is 10.4. The number of rotatable bonds is 3. The maximum Gasteiger partial charge on any atom is 0.141 e. The Morgan fingerprint density at radius 2 is 2.38 bits per heavy atom. The van der Waals surface area contributed by atoms with E-state index in [0.717, 1.165) is 35.0 Å². The maximum absolute atomic E-state index is 6.09. The number of halogens is 1. The van der Waals surface area contributed by atoms with Crippen molar-refractivity contribution in [1.29, 1.82) is 0 Å². The van der Waals surface area contributed by atoms with E-state index in [1.807, 2.05) is 23.2 Å². The van der Waals surface area contributed by atoms with E-state index in [-0.39, 0.29) is 0 Å². The zero-order valence-corrected chi connectivity index (χ0v) is 10.7. The normalized spacial score (nSPS) is 16.6. The van der Waals surface area contributed by atoms with Gasteiger partial charge < -0.3 is 4.74 Å². The molecule has 0 aliphatic carbocycles. The van der Waals surface area contributed by atoms with Gasteiger partial charge in [-0.3, -0.25) is 0 Å². The van der Waals surface area contributed by atoms with Gasteiger partial charge >= 0.3 is 0 Å². The van der Waals surface area contributed by atoms with Crippen LogP contribution in [0.15, 0.2) is 11.4 Å². The number of ether oxygens (including phenoxy) is 1. The molecule has 0 unspecified atom stereocenters. The van der Waals surface area contributed by atoms with Crippen LogP contribution in [-0.4, -0.2) is 28.4 Å². The minimum absolute atomic E-state index is 0.562. The molecule has 2 aromatic rings. The number of nitrogens with zero attached hydrogens (tertiary/aromatic N) is 2. The number of thiophene rings is 1. The topological polar surface area (TPSA) is 35.0 Å². The molecule has 1 fully saturated rings. The van der Waals surface area contributed by atoms with Gasteiger partial charge in [-0.1, -0.05) is 11.6 Å². The predicted octanol–water partition coefficient (Wildman–Crippen LogP) is 2.98. The summed E-state index contributed by atoms with van der Waals surface area (Å²) in [4.78, 5) is 9.76. The molecule has 16 heavy (non-hydrogen) atoms. The summed E-state index contributed by atoms with van der Waals surface area (Å²) >= 11 is 9.52. The summed E-state index contributed by atoms with van der Waals surface area (Å²) in [6, 6.07) is 1.96. The molecule has 0 bridgehead atoms. The third kappa shape index (κ3) is 2.05. The highest BCUT2D eigenvalue weighted by Gasteiger charge is 2.19. The Morgan fingerprint density at radius 3 is 3.12 bits per heavy atom. The molecule has 84 valence electrons. The van der Waals surface area contributed by atoms with E-state index in [0.29, 0.717) is 10.4 Å². The zero-order valence-electron chi connectivity index (χ0n) is 8.35. The van der Waals surface area contributed by atoms with Crippen LogP contribution in [0.4, 0.5) is 0 Å². The van der Waals surface area contributed by atoms with Crippen LogP contribution in [0.5, 0.6) is 0 Å². The van der Waals surface area contributed by atoms with Gasteiger partial charge in [-0.05, 0) is 11.4 Å². The molecule has 0 aromatic carbocycles. The average molecular weight is 273 g/mol. The van der Waals surface area contributed by atoms with Crippen molar-refractivity contribution >= 4 is 44.9 Å². The van der Waals surface area contributed by atoms with Gasteiger partial charge in [-0.25, -0.2) is 9.97 Å². The summed E-state index contributed by atoms with van der Waals surface area (Å²) in [5, 5.41) is 4.10. The Bertz CT molecular complexity index is 512. The molecule has 1 saturated heterocycles. The number of thioether (sulfide) groups is 1. The van der Waals surface area contributed by atoms with Crippen LogP contribution < -0.4 is 0 Å². The van der Waals surface area contributed by atoms with E-state index < -0.39 is 0 Å². The summed E-state index contributed by atoms with van der Waals surface area (Å²) in [5.41, 5.74) is 0. The highest BCUT2D eigenvalue weighted by Crippen LogP contribution is 2.27. The van der Waals surface area contributed by atoms with Crippen molar-refractivity contribution in [2.24, 2.45) is 0 Å². The van der Waals surface area contributed by atoms with Crippen LogP contribution >= 0.6 is 34.7 Å². The first-order valence-electron chi connectivity index (χ1n) is 4.92. The monoisotopic (exact) mass is 272 g/mol. The second-order valence-electron chi connectivity index (χ2n) is 3.54. The van der Waals surface area contributed by atoms with E-state index in [9.17, 15) is 0 Å². The largest absolute Gasteiger partial charge is 0.379 e. The van der Waals surface area contributed by atoms with Gasteiger partial charge in [0.1, 0.15) is 15.8 Å². The fourth-order valence-electron chi connectivity index (χ4n) is 1.43. The molecule has 0 N–H and O–H groups in total. The molecule has 3 heterocycles. The molecule has 1 aliphatic heterocycles. The van der Waals surface area contributed by atoms with Crippen molar-refractivity contribution in [1.82, 2.24) is 9.97 Å². The van der Waals surface area contributed by atoms with Gasteiger partial charge in [-0.15, -0.1) is 23.1 Å². The Hall–Kier alpha value is -0.360. The molecular weight excluding hydrogens is 264 g/mol. The first-order chi connectivity index (χ1) is 7.83. The molecule has 1 aliphatic rings. The molecule has 3 nitrogen and oxygen atoms in total. The number of fused-ring (bicyclic) bond motifs is 1. The lowest BCUT2D eigenvalue weighted by Crippen LogP contribution is -2.30. The van der Waals surface area contributed by atoms with Crippen LogP contribution in [0.25, 0.3) is 10.2 Å². The summed E-state index contributed by atoms with van der Waals surface area (Å²) < 4.78 is 5.12. The minimum atomic E-state index is 0.562. The van der Waals surface area contributed by atoms with Gasteiger partial charge in [0, 0.05) is 5.39 Å². The molecule has 3 rings (SSSR count). The first-order valence-corrected chi connectivity index (χ1v) is 7.22. The van der Waals surface area contributed by atoms with E-state index in [4.69, 9.17) is 16.3 Å². The van der Waals surface area contributed by atoms with Gasteiger partial charge in [0.05, 0.1) is 24.2 Å². The molecule has 0 atom stereocenters. The lowest BCUT2D eigenvalue weighted by molar-refractivity contribution is 0.0455. The highest BCUT2D eigenvalue weighted by molar-refractivity contribution is 7.99. The van der Waals surface area contributed by atoms with Crippen molar-refractivity contribution in [2.45, 2.75) is 11.0 Å². The first kappa shape index (κ1) is 10.8. The Morgan fingerprint density at radius 1 is 1.50 bits per heavy atom. The number of hydrogen-bond donors (Lipinski definition) is 0. The fraction of sp³-hybridized carbons (Fsp3) is 0.400. The molecule has 0 spiro atoms. The maximum atomic E-state index is 6.09. The van der Waals surface area contributed by atoms with Crippen molar-refractivity contribution in [3.63, 3.8) is 0 Å². The molecular formula is C10H9ClN2OS2. The second kappa shape index (κ2) is 4.49. The molecule has 0 radical (unpaired) electrons. The SMILES string of the molecule is Clc1nc(CSC2COC2)nc2sccc12. The smallest absolute Gasteiger partial charge is 0.141 e. The van der Waals surface area contributed by atoms with E-state index in [1.54, 1.807) is 11.3 Å². The molecule has 2 aromatic heterocycles. The Balaban J connectivity index is 1.80. The third-order valence-corrected chi connectivity index (χ3v) is 4.64. The average Bonchev–Trinajstić information content (AvgIpc) is 2.63. The van der Waals surface area contributed by atoms with Crippen LogP contribution in [0.2, 0.25) is 5.15 Å². The van der Waals surface area contributed by atoms with Crippen molar-refractivity contribution in [2.75, 3.05) is 13.2 Å². The van der Waals surface area contributed by atoms with Crippen LogP contribution in [0.3, 0.4) is 0 Å². The van der Waals surface area contributed by atoms with Crippen molar-refractivity contribution < 1.29 is 4.74 Å². The van der Waals surface area contributed by atoms with Crippen molar-refractivity contribution in [3.05, 3.63) is 22.4 Å². The van der Waals surface area contributed by atoms with Gasteiger partial charge in [-0.2, -0.15) is 0 Å². The fourth-order valence-corrected chi connectivity index (χ4v) is 3.42. The zero-order chi connectivity index (χ0) is 11.0. The number of hydrogen-bond acceptors (Lipinski definition) is 5. The summed E-state index contributed by atoms with van der Waals surface area (Å²) in [6.07, 6.45) is 0. The Kier molecular flexibility index (Phi) is 3.02. The summed E-state index contributed by atoms with van der Waals surface area (Å²) in [7, 11) is 0. The van der Waals surface area contributed by atoms with Gasteiger partial charge in [0.15, 0.2) is 0 Å². The third-order valence-electron chi connectivity index (χ3n) is 2.38. The van der Waals surface area contributed by atoms with Crippen molar-refractivity contribution in [3.8, 4) is 0 Å². The van der Waals surface area contributed by atoms with Crippen LogP contribution in [-0.2, 0) is 10.5 Å². The standard InChI is InChI=1S/C10H9ClN2OS2/c11-9-7-1-2-15-10(7)13-8(12-9)5-16-6-3-14-4-6/h1-2,6H,3-5H2. The van der Waals surface area contributed by atoms with E-state index in [1.165, 1.54) is 0 Å².